The van der Waals surface area contributed by atoms with E-state index in [0.29, 0.717) is 11.4 Å². The van der Waals surface area contributed by atoms with Crippen LogP contribution in [0, 0.1) is 0 Å². The highest BCUT2D eigenvalue weighted by molar-refractivity contribution is 9.10. The molecule has 0 atom stereocenters. The van der Waals surface area contributed by atoms with Crippen molar-refractivity contribution in [3.63, 3.8) is 0 Å². The standard InChI is InChI=1S/C10H8BrClN2O2/c11-8-3-6(12)5-14-7(1-2-9(15)16)4-13-10(8)14/h3-5H,1-2H2,(H,15,16). The Kier molecular flexibility index (Phi) is 3.16. The molecule has 0 aliphatic carbocycles. The topological polar surface area (TPSA) is 54.6 Å². The molecule has 0 radical (unpaired) electrons. The average molecular weight is 304 g/mol. The summed E-state index contributed by atoms with van der Waals surface area (Å²) in [6.45, 7) is 0. The molecule has 2 rings (SSSR count). The van der Waals surface area contributed by atoms with Crippen LogP contribution in [-0.4, -0.2) is 20.5 Å². The van der Waals surface area contributed by atoms with E-state index >= 15 is 0 Å². The molecule has 84 valence electrons. The number of nitrogens with zero attached hydrogens (tertiary/aromatic N) is 2. The fraction of sp³-hybridized carbons (Fsp3) is 0.200. The van der Waals surface area contributed by atoms with Crippen LogP contribution in [0.3, 0.4) is 0 Å². The van der Waals surface area contributed by atoms with Gasteiger partial charge >= 0.3 is 5.97 Å². The van der Waals surface area contributed by atoms with E-state index in [2.05, 4.69) is 20.9 Å². The molecule has 0 aliphatic heterocycles. The monoisotopic (exact) mass is 302 g/mol. The maximum atomic E-state index is 10.5. The van der Waals surface area contributed by atoms with E-state index in [1.54, 1.807) is 22.9 Å². The largest absolute Gasteiger partial charge is 0.481 e. The first-order valence-electron chi connectivity index (χ1n) is 4.60. The van der Waals surface area contributed by atoms with Crippen molar-refractivity contribution in [2.75, 3.05) is 0 Å². The van der Waals surface area contributed by atoms with Gasteiger partial charge in [-0.25, -0.2) is 4.98 Å². The third-order valence-electron chi connectivity index (χ3n) is 2.20. The molecule has 0 bridgehead atoms. The Hall–Kier alpha value is -1.07. The van der Waals surface area contributed by atoms with Crippen LogP contribution in [-0.2, 0) is 11.2 Å². The molecule has 0 unspecified atom stereocenters. The Morgan fingerprint density at radius 1 is 1.62 bits per heavy atom. The number of fused-ring (bicyclic) bond motifs is 1. The van der Waals surface area contributed by atoms with Crippen molar-refractivity contribution >= 4 is 39.1 Å². The first-order chi connectivity index (χ1) is 7.58. The number of hydrogen-bond acceptors (Lipinski definition) is 2. The normalized spacial score (nSPS) is 10.9. The molecule has 0 amide bonds. The van der Waals surface area contributed by atoms with Gasteiger partial charge in [0.2, 0.25) is 0 Å². The predicted octanol–water partition coefficient (Wildman–Crippen LogP) is 2.77. The van der Waals surface area contributed by atoms with Gasteiger partial charge in [-0.2, -0.15) is 0 Å². The molecule has 0 spiro atoms. The third-order valence-corrected chi connectivity index (χ3v) is 2.99. The zero-order valence-electron chi connectivity index (χ0n) is 8.15. The Labute approximate surface area is 105 Å². The lowest BCUT2D eigenvalue weighted by Gasteiger charge is -2.02. The molecule has 0 aromatic carbocycles. The first kappa shape index (κ1) is 11.4. The molecule has 4 nitrogen and oxygen atoms in total. The van der Waals surface area contributed by atoms with Crippen molar-refractivity contribution < 1.29 is 9.90 Å². The molecular formula is C10H8BrClN2O2. The fourth-order valence-electron chi connectivity index (χ4n) is 1.48. The number of carboxylic acid groups (broad SMARTS) is 1. The summed E-state index contributed by atoms with van der Waals surface area (Å²) in [5, 5.41) is 9.21. The predicted molar refractivity (Wildman–Crippen MR) is 63.9 cm³/mol. The molecule has 0 fully saturated rings. The Balaban J connectivity index is 2.43. The fourth-order valence-corrected chi connectivity index (χ4v) is 2.36. The summed E-state index contributed by atoms with van der Waals surface area (Å²) in [4.78, 5) is 14.7. The first-order valence-corrected chi connectivity index (χ1v) is 5.78. The summed E-state index contributed by atoms with van der Waals surface area (Å²) in [7, 11) is 0. The molecular weight excluding hydrogens is 295 g/mol. The second-order valence-electron chi connectivity index (χ2n) is 3.34. The number of carboxylic acids is 1. The van der Waals surface area contributed by atoms with Gasteiger partial charge in [-0.05, 0) is 22.0 Å². The number of carbonyl (C=O) groups is 1. The van der Waals surface area contributed by atoms with Crippen molar-refractivity contribution in [3.8, 4) is 0 Å². The molecule has 16 heavy (non-hydrogen) atoms. The summed E-state index contributed by atoms with van der Waals surface area (Å²) in [6.07, 6.45) is 3.91. The van der Waals surface area contributed by atoms with E-state index in [1.165, 1.54) is 0 Å². The van der Waals surface area contributed by atoms with Gasteiger partial charge in [0.25, 0.3) is 0 Å². The summed E-state index contributed by atoms with van der Waals surface area (Å²) in [5.74, 6) is -0.823. The van der Waals surface area contributed by atoms with E-state index < -0.39 is 5.97 Å². The molecule has 2 aromatic heterocycles. The van der Waals surface area contributed by atoms with Gasteiger partial charge in [-0.3, -0.25) is 4.79 Å². The third kappa shape index (κ3) is 2.20. The van der Waals surface area contributed by atoms with Crippen LogP contribution in [0.5, 0.6) is 0 Å². The number of hydrogen-bond donors (Lipinski definition) is 1. The van der Waals surface area contributed by atoms with Crippen LogP contribution in [0.4, 0.5) is 0 Å². The number of halogens is 2. The van der Waals surface area contributed by atoms with Crippen LogP contribution < -0.4 is 0 Å². The number of pyridine rings is 1. The van der Waals surface area contributed by atoms with Gasteiger partial charge in [0.05, 0.1) is 15.9 Å². The van der Waals surface area contributed by atoms with Crippen molar-refractivity contribution in [1.29, 1.82) is 0 Å². The highest BCUT2D eigenvalue weighted by atomic mass is 79.9. The lowest BCUT2D eigenvalue weighted by atomic mass is 10.2. The van der Waals surface area contributed by atoms with Gasteiger partial charge < -0.3 is 9.51 Å². The van der Waals surface area contributed by atoms with Gasteiger partial charge in [0.15, 0.2) is 5.65 Å². The summed E-state index contributed by atoms with van der Waals surface area (Å²) in [6, 6.07) is 1.75. The SMILES string of the molecule is O=C(O)CCc1cnc2c(Br)cc(Cl)cn12. The summed E-state index contributed by atoms with van der Waals surface area (Å²) in [5.41, 5.74) is 1.57. The van der Waals surface area contributed by atoms with Crippen LogP contribution in [0.1, 0.15) is 12.1 Å². The zero-order chi connectivity index (χ0) is 11.7. The van der Waals surface area contributed by atoms with Gasteiger partial charge in [0, 0.05) is 24.5 Å². The maximum Gasteiger partial charge on any atom is 0.303 e. The van der Waals surface area contributed by atoms with E-state index in [-0.39, 0.29) is 6.42 Å². The van der Waals surface area contributed by atoms with Crippen molar-refractivity contribution in [2.45, 2.75) is 12.8 Å². The second kappa shape index (κ2) is 4.43. The molecule has 0 aliphatic rings. The van der Waals surface area contributed by atoms with Gasteiger partial charge in [-0.15, -0.1) is 0 Å². The lowest BCUT2D eigenvalue weighted by Crippen LogP contribution is -2.00. The van der Waals surface area contributed by atoms with E-state index in [1.807, 2.05) is 0 Å². The molecule has 0 saturated carbocycles. The minimum absolute atomic E-state index is 0.0813. The quantitative estimate of drug-likeness (QED) is 0.948. The second-order valence-corrected chi connectivity index (χ2v) is 4.63. The Morgan fingerprint density at radius 3 is 3.06 bits per heavy atom. The van der Waals surface area contributed by atoms with Crippen LogP contribution in [0.25, 0.3) is 5.65 Å². The van der Waals surface area contributed by atoms with Crippen LogP contribution in [0.15, 0.2) is 22.9 Å². The van der Waals surface area contributed by atoms with Crippen LogP contribution in [0.2, 0.25) is 5.02 Å². The number of rotatable bonds is 3. The molecule has 2 heterocycles. The summed E-state index contributed by atoms with van der Waals surface area (Å²) >= 11 is 9.28. The number of aryl methyl sites for hydroxylation is 1. The Morgan fingerprint density at radius 2 is 2.38 bits per heavy atom. The minimum atomic E-state index is -0.823. The maximum absolute atomic E-state index is 10.5. The van der Waals surface area contributed by atoms with Crippen molar-refractivity contribution in [1.82, 2.24) is 9.38 Å². The summed E-state index contributed by atoms with van der Waals surface area (Å²) < 4.78 is 2.59. The lowest BCUT2D eigenvalue weighted by molar-refractivity contribution is -0.136. The number of aliphatic carboxylic acids is 1. The van der Waals surface area contributed by atoms with Gasteiger partial charge in [0.1, 0.15) is 0 Å². The molecule has 6 heteroatoms. The minimum Gasteiger partial charge on any atom is -0.481 e. The molecule has 1 N–H and O–H groups in total. The number of aromatic nitrogens is 2. The molecule has 2 aromatic rings. The highest BCUT2D eigenvalue weighted by Gasteiger charge is 2.08. The number of imidazole rings is 1. The van der Waals surface area contributed by atoms with E-state index in [9.17, 15) is 4.79 Å². The van der Waals surface area contributed by atoms with Crippen molar-refractivity contribution in [2.24, 2.45) is 0 Å². The van der Waals surface area contributed by atoms with E-state index in [4.69, 9.17) is 16.7 Å². The van der Waals surface area contributed by atoms with Crippen LogP contribution >= 0.6 is 27.5 Å². The smallest absolute Gasteiger partial charge is 0.303 e. The zero-order valence-corrected chi connectivity index (χ0v) is 10.5. The average Bonchev–Trinajstić information content (AvgIpc) is 2.58. The van der Waals surface area contributed by atoms with Crippen molar-refractivity contribution in [3.05, 3.63) is 33.6 Å². The van der Waals surface area contributed by atoms with Gasteiger partial charge in [-0.1, -0.05) is 11.6 Å². The van der Waals surface area contributed by atoms with E-state index in [0.717, 1.165) is 15.8 Å². The highest BCUT2D eigenvalue weighted by Crippen LogP contribution is 2.23. The molecule has 0 saturated heterocycles. The Bertz CT molecular complexity index is 553.